The van der Waals surface area contributed by atoms with Crippen LogP contribution in [0, 0.1) is 5.92 Å². The average molecular weight is 556 g/mol. The highest BCUT2D eigenvalue weighted by Crippen LogP contribution is 2.49. The molecule has 6 heteroatoms. The van der Waals surface area contributed by atoms with E-state index < -0.39 is 0 Å². The van der Waals surface area contributed by atoms with E-state index in [9.17, 15) is 4.79 Å². The van der Waals surface area contributed by atoms with Crippen molar-refractivity contribution in [3.63, 3.8) is 0 Å². The van der Waals surface area contributed by atoms with Crippen LogP contribution in [0.2, 0.25) is 0 Å². The Morgan fingerprint density at radius 1 is 1.00 bits per heavy atom. The highest BCUT2D eigenvalue weighted by Gasteiger charge is 2.38. The molecule has 0 bridgehead atoms. The lowest BCUT2D eigenvalue weighted by atomic mass is 9.77. The summed E-state index contributed by atoms with van der Waals surface area (Å²) in [5, 5.41) is 10.5. The first-order chi connectivity index (χ1) is 20.6. The largest absolute Gasteiger partial charge is 0.381 e. The van der Waals surface area contributed by atoms with Crippen molar-refractivity contribution < 1.29 is 4.79 Å². The van der Waals surface area contributed by atoms with Gasteiger partial charge in [0.1, 0.15) is 0 Å². The van der Waals surface area contributed by atoms with Crippen LogP contribution >= 0.6 is 0 Å². The van der Waals surface area contributed by atoms with Gasteiger partial charge < -0.3 is 20.9 Å². The van der Waals surface area contributed by atoms with Crippen LogP contribution < -0.4 is 16.0 Å². The maximum Gasteiger partial charge on any atom is 0.251 e. The van der Waals surface area contributed by atoms with E-state index in [1.165, 1.54) is 27.8 Å². The molecule has 4 aromatic rings. The minimum Gasteiger partial charge on any atom is -0.381 e. The smallest absolute Gasteiger partial charge is 0.251 e. The summed E-state index contributed by atoms with van der Waals surface area (Å²) < 4.78 is 0. The Bertz CT molecular complexity index is 1630. The number of nitrogens with one attached hydrogen (secondary N) is 3. The van der Waals surface area contributed by atoms with Crippen LogP contribution in [0.3, 0.4) is 0 Å². The fourth-order valence-corrected chi connectivity index (χ4v) is 6.77. The SMILES string of the molecule is CN1CCc2ccc(NCc3cccc(CNC(=O)c4ccc5c(c4)C4C=CCC4C(c4cccnc4)N5)c3)cc2C1. The molecule has 1 amide bonds. The summed E-state index contributed by atoms with van der Waals surface area (Å²) in [4.78, 5) is 20.0. The third kappa shape index (κ3) is 5.42. The second kappa shape index (κ2) is 11.5. The lowest BCUT2D eigenvalue weighted by molar-refractivity contribution is 0.0950. The predicted octanol–water partition coefficient (Wildman–Crippen LogP) is 6.44. The number of rotatable bonds is 7. The predicted molar refractivity (Wildman–Crippen MR) is 168 cm³/mol. The third-order valence-electron chi connectivity index (χ3n) is 9.02. The standard InChI is InChI=1S/C36H37N5O/c1-41-16-14-26-10-12-30(18-29(26)23-41)38-20-24-5-2-6-25(17-24)21-39-36(42)27-11-13-34-33(19-27)31-8-3-9-32(31)35(40-34)28-7-4-15-37-22-28/h2-8,10-13,15,17-19,22,31-32,35,38,40H,9,14,16,20-21,23H2,1H3,(H,39,42). The number of carbonyl (C=O) groups is 1. The number of hydrogen-bond acceptors (Lipinski definition) is 5. The van der Waals surface area contributed by atoms with E-state index in [4.69, 9.17) is 0 Å². The number of hydrogen-bond donors (Lipinski definition) is 3. The zero-order valence-corrected chi connectivity index (χ0v) is 24.0. The van der Waals surface area contributed by atoms with E-state index in [1.807, 2.05) is 24.5 Å². The van der Waals surface area contributed by atoms with E-state index >= 15 is 0 Å². The van der Waals surface area contributed by atoms with Crippen molar-refractivity contribution in [3.8, 4) is 0 Å². The number of benzene rings is 3. The molecule has 3 atom stereocenters. The maximum atomic E-state index is 13.2. The molecule has 7 rings (SSSR count). The summed E-state index contributed by atoms with van der Waals surface area (Å²) in [6.45, 7) is 3.36. The number of allylic oxidation sites excluding steroid dienone is 2. The molecule has 0 spiro atoms. The van der Waals surface area contributed by atoms with E-state index in [2.05, 4.69) is 106 Å². The molecule has 0 radical (unpaired) electrons. The highest BCUT2D eigenvalue weighted by molar-refractivity contribution is 5.95. The van der Waals surface area contributed by atoms with Crippen LogP contribution in [0.25, 0.3) is 0 Å². The summed E-state index contributed by atoms with van der Waals surface area (Å²) in [7, 11) is 2.18. The molecule has 1 aliphatic carbocycles. The first kappa shape index (κ1) is 26.5. The van der Waals surface area contributed by atoms with Crippen molar-refractivity contribution in [1.29, 1.82) is 0 Å². The van der Waals surface area contributed by atoms with Gasteiger partial charge in [0.25, 0.3) is 5.91 Å². The Hall–Kier alpha value is -4.42. The van der Waals surface area contributed by atoms with E-state index in [-0.39, 0.29) is 11.9 Å². The minimum absolute atomic E-state index is 0.0479. The molecule has 0 saturated carbocycles. The molecule has 1 aromatic heterocycles. The van der Waals surface area contributed by atoms with Gasteiger partial charge in [0.05, 0.1) is 6.04 Å². The number of aromatic nitrogens is 1. The maximum absolute atomic E-state index is 13.2. The number of fused-ring (bicyclic) bond motifs is 4. The molecule has 212 valence electrons. The second-order valence-corrected chi connectivity index (χ2v) is 11.9. The molecular weight excluding hydrogens is 518 g/mol. The summed E-state index contributed by atoms with van der Waals surface area (Å²) in [5.74, 6) is 0.659. The monoisotopic (exact) mass is 555 g/mol. The van der Waals surface area contributed by atoms with Crippen LogP contribution in [-0.2, 0) is 26.1 Å². The first-order valence-corrected chi connectivity index (χ1v) is 15.0. The first-order valence-electron chi connectivity index (χ1n) is 15.0. The van der Waals surface area contributed by atoms with Crippen LogP contribution in [0.15, 0.2) is 97.3 Å². The van der Waals surface area contributed by atoms with Crippen molar-refractivity contribution >= 4 is 17.3 Å². The van der Waals surface area contributed by atoms with Crippen molar-refractivity contribution in [2.45, 2.75) is 44.4 Å². The van der Waals surface area contributed by atoms with E-state index in [1.54, 1.807) is 0 Å². The molecular formula is C36H37N5O. The van der Waals surface area contributed by atoms with Gasteiger partial charge in [-0.15, -0.1) is 0 Å². The average Bonchev–Trinajstić information content (AvgIpc) is 3.53. The number of amides is 1. The van der Waals surface area contributed by atoms with Crippen LogP contribution in [-0.4, -0.2) is 29.4 Å². The molecule has 3 aromatic carbocycles. The molecule has 3 N–H and O–H groups in total. The van der Waals surface area contributed by atoms with Crippen molar-refractivity contribution in [3.05, 3.63) is 136 Å². The van der Waals surface area contributed by atoms with Crippen molar-refractivity contribution in [1.82, 2.24) is 15.2 Å². The lowest BCUT2D eigenvalue weighted by Crippen LogP contribution is -2.30. The number of carbonyl (C=O) groups excluding carboxylic acids is 1. The van der Waals surface area contributed by atoms with Crippen LogP contribution in [0.5, 0.6) is 0 Å². The quantitative estimate of drug-likeness (QED) is 0.229. The Kier molecular flexibility index (Phi) is 7.22. The molecule has 6 nitrogen and oxygen atoms in total. The van der Waals surface area contributed by atoms with Gasteiger partial charge in [-0.25, -0.2) is 0 Å². The fraction of sp³-hybridized carbons (Fsp3) is 0.278. The van der Waals surface area contributed by atoms with Gasteiger partial charge in [-0.1, -0.05) is 48.6 Å². The molecule has 2 aliphatic heterocycles. The number of likely N-dealkylation sites (N-methyl/N-ethyl adjacent to an activating group) is 1. The second-order valence-electron chi connectivity index (χ2n) is 11.9. The van der Waals surface area contributed by atoms with E-state index in [0.717, 1.165) is 49.4 Å². The Morgan fingerprint density at radius 2 is 1.90 bits per heavy atom. The van der Waals surface area contributed by atoms with Crippen molar-refractivity contribution in [2.24, 2.45) is 5.92 Å². The van der Waals surface area contributed by atoms with Gasteiger partial charge in [-0.3, -0.25) is 9.78 Å². The Balaban J connectivity index is 0.992. The summed E-state index contributed by atoms with van der Waals surface area (Å²) in [6, 6.07) is 25.6. The van der Waals surface area contributed by atoms with Crippen LogP contribution in [0.4, 0.5) is 11.4 Å². The summed E-state index contributed by atoms with van der Waals surface area (Å²) in [5.41, 5.74) is 10.5. The Morgan fingerprint density at radius 3 is 2.79 bits per heavy atom. The topological polar surface area (TPSA) is 69.3 Å². The molecule has 3 heterocycles. The van der Waals surface area contributed by atoms with E-state index in [0.29, 0.717) is 23.9 Å². The number of anilines is 2. The fourth-order valence-electron chi connectivity index (χ4n) is 6.77. The summed E-state index contributed by atoms with van der Waals surface area (Å²) in [6.07, 6.45) is 10.5. The zero-order chi connectivity index (χ0) is 28.5. The van der Waals surface area contributed by atoms with Crippen LogP contribution in [0.1, 0.15) is 62.1 Å². The molecule has 0 saturated heterocycles. The number of pyridine rings is 1. The van der Waals surface area contributed by atoms with Gasteiger partial charge >= 0.3 is 0 Å². The van der Waals surface area contributed by atoms with Crippen molar-refractivity contribution in [2.75, 3.05) is 24.2 Å². The highest BCUT2D eigenvalue weighted by atomic mass is 16.1. The van der Waals surface area contributed by atoms with Gasteiger partial charge in [-0.2, -0.15) is 0 Å². The van der Waals surface area contributed by atoms with Gasteiger partial charge in [0, 0.05) is 61.4 Å². The molecule has 3 aliphatic rings. The summed E-state index contributed by atoms with van der Waals surface area (Å²) >= 11 is 0. The zero-order valence-electron chi connectivity index (χ0n) is 24.0. The Labute approximate surface area is 247 Å². The van der Waals surface area contributed by atoms with Gasteiger partial charge in [0.15, 0.2) is 0 Å². The number of nitrogens with zero attached hydrogens (tertiary/aromatic N) is 2. The lowest BCUT2D eigenvalue weighted by Gasteiger charge is -2.37. The molecule has 42 heavy (non-hydrogen) atoms. The van der Waals surface area contributed by atoms with Gasteiger partial charge in [0.2, 0.25) is 0 Å². The molecule has 3 unspecified atom stereocenters. The minimum atomic E-state index is -0.0479. The normalized spacial score (nSPS) is 20.6. The third-order valence-corrected chi connectivity index (χ3v) is 9.02. The molecule has 0 fully saturated rings. The van der Waals surface area contributed by atoms with Gasteiger partial charge in [-0.05, 0) is 95.6 Å².